The van der Waals surface area contributed by atoms with E-state index < -0.39 is 0 Å². The third kappa shape index (κ3) is 6.52. The lowest BCUT2D eigenvalue weighted by atomic mass is 9.88. The highest BCUT2D eigenvalue weighted by molar-refractivity contribution is 6.30. The van der Waals surface area contributed by atoms with Crippen LogP contribution < -0.4 is 9.47 Å². The molecule has 0 amide bonds. The molecular weight excluding hydrogens is 441 g/mol. The van der Waals surface area contributed by atoms with Gasteiger partial charge in [-0.2, -0.15) is 0 Å². The summed E-state index contributed by atoms with van der Waals surface area (Å²) in [5.41, 5.74) is 5.61. The Kier molecular flexibility index (Phi) is 9.04. The van der Waals surface area contributed by atoms with Crippen molar-refractivity contribution >= 4 is 34.3 Å². The molecule has 0 aromatic heterocycles. The molecule has 0 saturated heterocycles. The summed E-state index contributed by atoms with van der Waals surface area (Å²) >= 11 is 12.4. The second-order valence-electron chi connectivity index (χ2n) is 7.70. The van der Waals surface area contributed by atoms with E-state index in [2.05, 4.69) is 29.2 Å². The summed E-state index contributed by atoms with van der Waals surface area (Å²) in [5, 5.41) is 0.712. The molecule has 3 nitrogen and oxygen atoms in total. The Balaban J connectivity index is 2.07. The highest BCUT2D eigenvalue weighted by Gasteiger charge is 2.15. The van der Waals surface area contributed by atoms with Gasteiger partial charge < -0.3 is 14.4 Å². The molecule has 168 valence electrons. The lowest BCUT2D eigenvalue weighted by Gasteiger charge is -2.18. The van der Waals surface area contributed by atoms with E-state index in [0.29, 0.717) is 17.5 Å². The van der Waals surface area contributed by atoms with E-state index in [1.54, 1.807) is 7.11 Å². The first-order chi connectivity index (χ1) is 15.5. The number of nitrogens with zero attached hydrogens (tertiary/aromatic N) is 1. The van der Waals surface area contributed by atoms with Gasteiger partial charge in [-0.15, -0.1) is 11.6 Å². The molecular formula is C27H29Cl2NO2. The van der Waals surface area contributed by atoms with Crippen LogP contribution in [0, 0.1) is 0 Å². The fourth-order valence-corrected chi connectivity index (χ4v) is 3.81. The minimum absolute atomic E-state index is 0.517. The van der Waals surface area contributed by atoms with Crippen molar-refractivity contribution in [1.82, 2.24) is 4.90 Å². The molecule has 3 rings (SSSR count). The summed E-state index contributed by atoms with van der Waals surface area (Å²) in [6.07, 6.45) is 0.728. The lowest BCUT2D eigenvalue weighted by Crippen LogP contribution is -2.19. The van der Waals surface area contributed by atoms with Crippen molar-refractivity contribution in [2.45, 2.75) is 6.42 Å². The molecule has 0 heterocycles. The van der Waals surface area contributed by atoms with E-state index in [-0.39, 0.29) is 0 Å². The van der Waals surface area contributed by atoms with Gasteiger partial charge in [0.15, 0.2) is 0 Å². The Hall–Kier alpha value is -2.46. The van der Waals surface area contributed by atoms with Crippen molar-refractivity contribution in [3.05, 3.63) is 94.5 Å². The molecule has 3 aromatic rings. The quantitative estimate of drug-likeness (QED) is 0.238. The van der Waals surface area contributed by atoms with Gasteiger partial charge in [0.1, 0.15) is 18.1 Å². The smallest absolute Gasteiger partial charge is 0.119 e. The predicted octanol–water partition coefficient (Wildman–Crippen LogP) is 6.88. The average Bonchev–Trinajstić information content (AvgIpc) is 2.80. The second kappa shape index (κ2) is 12.0. The molecule has 0 aliphatic rings. The van der Waals surface area contributed by atoms with Gasteiger partial charge in [0.25, 0.3) is 0 Å². The van der Waals surface area contributed by atoms with Gasteiger partial charge in [-0.1, -0.05) is 48.0 Å². The summed E-state index contributed by atoms with van der Waals surface area (Å²) < 4.78 is 11.2. The third-order valence-corrected chi connectivity index (χ3v) is 5.61. The van der Waals surface area contributed by atoms with Crippen molar-refractivity contribution in [1.29, 1.82) is 0 Å². The Morgan fingerprint density at radius 2 is 1.31 bits per heavy atom. The number of hydrogen-bond donors (Lipinski definition) is 0. The monoisotopic (exact) mass is 469 g/mol. The Bertz CT molecular complexity index is 1010. The first kappa shape index (κ1) is 24.2. The van der Waals surface area contributed by atoms with Gasteiger partial charge in [-0.25, -0.2) is 0 Å². The van der Waals surface area contributed by atoms with Crippen LogP contribution in [0.2, 0.25) is 5.02 Å². The van der Waals surface area contributed by atoms with Gasteiger partial charge in [0.2, 0.25) is 0 Å². The fraction of sp³-hybridized carbons (Fsp3) is 0.259. The van der Waals surface area contributed by atoms with E-state index in [1.807, 2.05) is 62.6 Å². The third-order valence-electron chi connectivity index (χ3n) is 5.17. The van der Waals surface area contributed by atoms with Crippen LogP contribution in [-0.2, 0) is 0 Å². The largest absolute Gasteiger partial charge is 0.497 e. The lowest BCUT2D eigenvalue weighted by molar-refractivity contribution is 0.261. The molecule has 5 heteroatoms. The van der Waals surface area contributed by atoms with Crippen molar-refractivity contribution in [3.63, 3.8) is 0 Å². The first-order valence-electron chi connectivity index (χ1n) is 10.6. The molecule has 0 N–H and O–H groups in total. The first-order valence-corrected chi connectivity index (χ1v) is 11.5. The zero-order chi connectivity index (χ0) is 22.9. The predicted molar refractivity (Wildman–Crippen MR) is 136 cm³/mol. The maximum Gasteiger partial charge on any atom is 0.119 e. The van der Waals surface area contributed by atoms with Crippen LogP contribution in [0.15, 0.2) is 72.8 Å². The minimum atomic E-state index is 0.517. The average molecular weight is 470 g/mol. The summed E-state index contributed by atoms with van der Waals surface area (Å²) in [4.78, 5) is 2.10. The van der Waals surface area contributed by atoms with Gasteiger partial charge >= 0.3 is 0 Å². The number of ether oxygens (including phenoxy) is 2. The highest BCUT2D eigenvalue weighted by Crippen LogP contribution is 2.36. The number of rotatable bonds is 10. The van der Waals surface area contributed by atoms with Crippen LogP contribution in [0.1, 0.15) is 23.1 Å². The van der Waals surface area contributed by atoms with E-state index in [9.17, 15) is 0 Å². The van der Waals surface area contributed by atoms with Gasteiger partial charge in [-0.3, -0.25) is 0 Å². The van der Waals surface area contributed by atoms with Crippen LogP contribution in [0.25, 0.3) is 11.1 Å². The van der Waals surface area contributed by atoms with Crippen LogP contribution in [-0.4, -0.2) is 45.1 Å². The van der Waals surface area contributed by atoms with Crippen LogP contribution in [0.4, 0.5) is 0 Å². The minimum Gasteiger partial charge on any atom is -0.497 e. The van der Waals surface area contributed by atoms with E-state index >= 15 is 0 Å². The van der Waals surface area contributed by atoms with E-state index in [1.165, 1.54) is 5.57 Å². The maximum atomic E-state index is 6.25. The summed E-state index contributed by atoms with van der Waals surface area (Å²) in [6, 6.07) is 24.3. The summed E-state index contributed by atoms with van der Waals surface area (Å²) in [5.74, 6) is 2.20. The van der Waals surface area contributed by atoms with E-state index in [0.717, 1.165) is 46.7 Å². The molecule has 0 aliphatic heterocycles. The number of hydrogen-bond acceptors (Lipinski definition) is 3. The standard InChI is InChI=1S/C27H29Cl2NO2/c1-30(2)18-19-32-25-14-8-22(9-15-25)27(21-6-12-24(31-3)13-7-21)26(16-17-28)20-4-10-23(29)11-5-20/h4-15H,16-19H2,1-3H3. The van der Waals surface area contributed by atoms with Crippen LogP contribution in [0.5, 0.6) is 11.5 Å². The molecule has 0 fully saturated rings. The maximum absolute atomic E-state index is 6.25. The molecule has 0 spiro atoms. The van der Waals surface area contributed by atoms with Crippen molar-refractivity contribution < 1.29 is 9.47 Å². The van der Waals surface area contributed by atoms with E-state index in [4.69, 9.17) is 32.7 Å². The second-order valence-corrected chi connectivity index (χ2v) is 8.52. The Morgan fingerprint density at radius 3 is 1.81 bits per heavy atom. The molecule has 0 unspecified atom stereocenters. The Morgan fingerprint density at radius 1 is 0.781 bits per heavy atom. The zero-order valence-corrected chi connectivity index (χ0v) is 20.3. The SMILES string of the molecule is COc1ccc(C(=C(CCCl)c2ccc(Cl)cc2)c2ccc(OCCN(C)C)cc2)cc1. The number of alkyl halides is 1. The molecule has 0 aliphatic carbocycles. The fourth-order valence-electron chi connectivity index (χ4n) is 3.50. The number of halogens is 2. The van der Waals surface area contributed by atoms with Gasteiger partial charge in [-0.05, 0) is 84.8 Å². The van der Waals surface area contributed by atoms with Gasteiger partial charge in [0.05, 0.1) is 7.11 Å². The molecule has 0 atom stereocenters. The van der Waals surface area contributed by atoms with Crippen molar-refractivity contribution in [3.8, 4) is 11.5 Å². The molecule has 3 aromatic carbocycles. The van der Waals surface area contributed by atoms with Crippen LogP contribution in [0.3, 0.4) is 0 Å². The normalized spacial score (nSPS) is 11.9. The topological polar surface area (TPSA) is 21.7 Å². The van der Waals surface area contributed by atoms with Crippen molar-refractivity contribution in [2.24, 2.45) is 0 Å². The number of benzene rings is 3. The Labute approximate surface area is 201 Å². The van der Waals surface area contributed by atoms with Crippen LogP contribution >= 0.6 is 23.2 Å². The molecule has 0 bridgehead atoms. The molecule has 0 radical (unpaired) electrons. The zero-order valence-electron chi connectivity index (χ0n) is 18.8. The number of likely N-dealkylation sites (N-methyl/N-ethyl adjacent to an activating group) is 1. The summed E-state index contributed by atoms with van der Waals surface area (Å²) in [6.45, 7) is 1.52. The number of allylic oxidation sites excluding steroid dienone is 1. The molecule has 0 saturated carbocycles. The van der Waals surface area contributed by atoms with Crippen molar-refractivity contribution in [2.75, 3.05) is 40.2 Å². The number of methoxy groups -OCH3 is 1. The summed E-state index contributed by atoms with van der Waals surface area (Å²) in [7, 11) is 5.74. The molecule has 32 heavy (non-hydrogen) atoms. The van der Waals surface area contributed by atoms with Gasteiger partial charge in [0, 0.05) is 17.4 Å². The highest BCUT2D eigenvalue weighted by atomic mass is 35.5.